The normalized spacial score (nSPS) is 16.4. The second-order valence-electron chi connectivity index (χ2n) is 6.93. The van der Waals surface area contributed by atoms with E-state index >= 15 is 0 Å². The summed E-state index contributed by atoms with van der Waals surface area (Å²) < 4.78 is 5.03. The molecular weight excluding hydrogens is 376 g/mol. The maximum atomic E-state index is 12.9. The van der Waals surface area contributed by atoms with Crippen molar-refractivity contribution in [1.82, 2.24) is 15.0 Å². The molecule has 1 aliphatic rings. The quantitative estimate of drug-likeness (QED) is 0.678. The number of urea groups is 1. The Hall–Kier alpha value is -2.86. The van der Waals surface area contributed by atoms with Gasteiger partial charge in [0.25, 0.3) is 0 Å². The predicted octanol–water partition coefficient (Wildman–Crippen LogP) is 4.94. The molecule has 1 fully saturated rings. The summed E-state index contributed by atoms with van der Waals surface area (Å²) in [6.07, 6.45) is 2.72. The van der Waals surface area contributed by atoms with E-state index < -0.39 is 0 Å². The topological polar surface area (TPSA) is 71.3 Å². The Labute approximate surface area is 168 Å². The Bertz CT molecular complexity index is 988. The van der Waals surface area contributed by atoms with Crippen LogP contribution in [0.5, 0.6) is 0 Å². The average Bonchev–Trinajstić information content (AvgIpc) is 3.33. The van der Waals surface area contributed by atoms with Crippen LogP contribution in [-0.2, 0) is 6.42 Å². The molecule has 7 heteroatoms. The van der Waals surface area contributed by atoms with Crippen molar-refractivity contribution < 1.29 is 9.32 Å². The number of aryl methyl sites for hydroxylation is 1. The lowest BCUT2D eigenvalue weighted by Crippen LogP contribution is -2.39. The lowest BCUT2D eigenvalue weighted by atomic mass is 10.0. The predicted molar refractivity (Wildman–Crippen MR) is 108 cm³/mol. The minimum Gasteiger partial charge on any atom is -0.339 e. The number of carbonyl (C=O) groups excluding carboxylic acids is 1. The summed E-state index contributed by atoms with van der Waals surface area (Å²) in [5.41, 5.74) is 2.57. The zero-order chi connectivity index (χ0) is 19.5. The van der Waals surface area contributed by atoms with E-state index in [0.29, 0.717) is 17.4 Å². The molecule has 4 rings (SSSR count). The summed E-state index contributed by atoms with van der Waals surface area (Å²) in [6.45, 7) is 2.49. The molecule has 1 aliphatic heterocycles. The molecule has 2 amide bonds. The van der Waals surface area contributed by atoms with Crippen LogP contribution in [0.2, 0.25) is 5.02 Å². The summed E-state index contributed by atoms with van der Waals surface area (Å²) in [6, 6.07) is 15.3. The Balaban J connectivity index is 1.46. The molecule has 2 heterocycles. The fraction of sp³-hybridized carbons (Fsp3) is 0.286. The molecule has 0 radical (unpaired) electrons. The van der Waals surface area contributed by atoms with Gasteiger partial charge in [0.05, 0.1) is 0 Å². The zero-order valence-electron chi connectivity index (χ0n) is 15.6. The van der Waals surface area contributed by atoms with Crippen LogP contribution in [0.4, 0.5) is 10.5 Å². The molecule has 144 valence electrons. The molecule has 0 bridgehead atoms. The third kappa shape index (κ3) is 4.02. The molecule has 0 saturated carbocycles. The third-order valence-corrected chi connectivity index (χ3v) is 5.32. The maximum absolute atomic E-state index is 12.9. The van der Waals surface area contributed by atoms with E-state index in [1.807, 2.05) is 53.4 Å². The van der Waals surface area contributed by atoms with E-state index in [2.05, 4.69) is 15.5 Å². The Morgan fingerprint density at radius 3 is 2.93 bits per heavy atom. The van der Waals surface area contributed by atoms with Gasteiger partial charge in [-0.3, -0.25) is 0 Å². The van der Waals surface area contributed by atoms with Crippen molar-refractivity contribution in [2.75, 3.05) is 11.9 Å². The van der Waals surface area contributed by atoms with Crippen LogP contribution in [0, 0.1) is 6.92 Å². The lowest BCUT2D eigenvalue weighted by Gasteiger charge is -2.25. The second-order valence-corrected chi connectivity index (χ2v) is 7.34. The molecule has 0 aliphatic carbocycles. The number of nitrogens with zero attached hydrogens (tertiary/aromatic N) is 3. The van der Waals surface area contributed by atoms with Crippen LogP contribution < -0.4 is 5.32 Å². The average molecular weight is 397 g/mol. The number of nitrogens with one attached hydrogen (secondary N) is 1. The molecule has 1 atom stereocenters. The summed E-state index contributed by atoms with van der Waals surface area (Å²) in [4.78, 5) is 19.0. The number of hydrogen-bond acceptors (Lipinski definition) is 4. The van der Waals surface area contributed by atoms with Crippen molar-refractivity contribution in [2.45, 2.75) is 32.2 Å². The molecule has 6 nitrogen and oxygen atoms in total. The third-order valence-electron chi connectivity index (χ3n) is 4.95. The van der Waals surface area contributed by atoms with Crippen LogP contribution in [0.25, 0.3) is 11.4 Å². The SMILES string of the molecule is Cc1nc(-c2cccc(NC(=O)N3CCC[C@@H]3Cc3ccccc3Cl)c2)no1. The second kappa shape index (κ2) is 8.02. The fourth-order valence-electron chi connectivity index (χ4n) is 3.58. The van der Waals surface area contributed by atoms with Gasteiger partial charge in [-0.25, -0.2) is 4.79 Å². The van der Waals surface area contributed by atoms with Gasteiger partial charge in [0.15, 0.2) is 0 Å². The molecule has 1 aromatic heterocycles. The smallest absolute Gasteiger partial charge is 0.322 e. The minimum absolute atomic E-state index is 0.101. The summed E-state index contributed by atoms with van der Waals surface area (Å²) in [7, 11) is 0. The van der Waals surface area contributed by atoms with Crippen LogP contribution in [0.3, 0.4) is 0 Å². The first kappa shape index (κ1) is 18.5. The molecule has 0 unspecified atom stereocenters. The number of anilines is 1. The Morgan fingerprint density at radius 1 is 1.29 bits per heavy atom. The first-order valence-electron chi connectivity index (χ1n) is 9.32. The van der Waals surface area contributed by atoms with E-state index in [1.54, 1.807) is 6.92 Å². The van der Waals surface area contributed by atoms with E-state index in [1.165, 1.54) is 0 Å². The van der Waals surface area contributed by atoms with Gasteiger partial charge in [-0.05, 0) is 43.0 Å². The number of amides is 2. The Morgan fingerprint density at radius 2 is 2.14 bits per heavy atom. The van der Waals surface area contributed by atoms with E-state index in [0.717, 1.165) is 42.0 Å². The molecule has 2 aromatic carbocycles. The number of rotatable bonds is 4. The van der Waals surface area contributed by atoms with Gasteiger partial charge in [0.1, 0.15) is 0 Å². The highest BCUT2D eigenvalue weighted by atomic mass is 35.5. The van der Waals surface area contributed by atoms with E-state index in [9.17, 15) is 4.79 Å². The summed E-state index contributed by atoms with van der Waals surface area (Å²) in [5.74, 6) is 1.01. The van der Waals surface area contributed by atoms with E-state index in [4.69, 9.17) is 16.1 Å². The lowest BCUT2D eigenvalue weighted by molar-refractivity contribution is 0.206. The Kier molecular flexibility index (Phi) is 5.30. The molecule has 1 saturated heterocycles. The number of hydrogen-bond donors (Lipinski definition) is 1. The van der Waals surface area contributed by atoms with Crippen molar-refractivity contribution in [1.29, 1.82) is 0 Å². The van der Waals surface area contributed by atoms with Crippen LogP contribution in [0.1, 0.15) is 24.3 Å². The largest absolute Gasteiger partial charge is 0.339 e. The maximum Gasteiger partial charge on any atom is 0.322 e. The fourth-order valence-corrected chi connectivity index (χ4v) is 3.79. The highest BCUT2D eigenvalue weighted by Gasteiger charge is 2.29. The van der Waals surface area contributed by atoms with E-state index in [-0.39, 0.29) is 12.1 Å². The standard InChI is InChI=1S/C21H21ClN4O2/c1-14-23-20(25-28-14)16-7-4-8-17(12-16)24-21(27)26-11-5-9-18(26)13-15-6-2-3-10-19(15)22/h2-4,6-8,10,12,18H,5,9,11,13H2,1H3,(H,24,27)/t18-/m1/s1. The zero-order valence-corrected chi connectivity index (χ0v) is 16.3. The van der Waals surface area contributed by atoms with Crippen molar-refractivity contribution in [3.63, 3.8) is 0 Å². The highest BCUT2D eigenvalue weighted by molar-refractivity contribution is 6.31. The molecular formula is C21H21ClN4O2. The van der Waals surface area contributed by atoms with Gasteiger partial charge in [0, 0.05) is 35.8 Å². The van der Waals surface area contributed by atoms with Gasteiger partial charge in [-0.1, -0.05) is 47.1 Å². The number of likely N-dealkylation sites (tertiary alicyclic amines) is 1. The minimum atomic E-state index is -0.101. The van der Waals surface area contributed by atoms with Crippen molar-refractivity contribution in [3.05, 3.63) is 65.0 Å². The van der Waals surface area contributed by atoms with Gasteiger partial charge in [-0.2, -0.15) is 4.98 Å². The van der Waals surface area contributed by atoms with Crippen molar-refractivity contribution in [3.8, 4) is 11.4 Å². The van der Waals surface area contributed by atoms with Gasteiger partial charge >= 0.3 is 6.03 Å². The van der Waals surface area contributed by atoms with Crippen molar-refractivity contribution >= 4 is 23.3 Å². The van der Waals surface area contributed by atoms with Gasteiger partial charge in [-0.15, -0.1) is 0 Å². The summed E-state index contributed by atoms with van der Waals surface area (Å²) in [5, 5.41) is 7.68. The van der Waals surface area contributed by atoms with Crippen LogP contribution >= 0.6 is 11.6 Å². The number of halogens is 1. The monoisotopic (exact) mass is 396 g/mol. The molecule has 0 spiro atoms. The number of aromatic nitrogens is 2. The molecule has 28 heavy (non-hydrogen) atoms. The van der Waals surface area contributed by atoms with Crippen molar-refractivity contribution in [2.24, 2.45) is 0 Å². The van der Waals surface area contributed by atoms with Crippen LogP contribution in [0.15, 0.2) is 53.1 Å². The summed E-state index contributed by atoms with van der Waals surface area (Å²) >= 11 is 6.30. The highest BCUT2D eigenvalue weighted by Crippen LogP contribution is 2.26. The molecule has 1 N–H and O–H groups in total. The van der Waals surface area contributed by atoms with Gasteiger partial charge < -0.3 is 14.7 Å². The van der Waals surface area contributed by atoms with Gasteiger partial charge in [0.2, 0.25) is 11.7 Å². The first-order valence-corrected chi connectivity index (χ1v) is 9.70. The number of carbonyl (C=O) groups is 1. The number of benzene rings is 2. The molecule has 3 aromatic rings. The van der Waals surface area contributed by atoms with Crippen LogP contribution in [-0.4, -0.2) is 33.7 Å². The first-order chi connectivity index (χ1) is 13.6.